The van der Waals surface area contributed by atoms with E-state index in [4.69, 9.17) is 11.6 Å². The van der Waals surface area contributed by atoms with Gasteiger partial charge in [0.25, 0.3) is 17.5 Å². The number of carbonyl (C=O) groups excluding carboxylic acids is 3. The number of nitrogens with zero attached hydrogens (tertiary/aromatic N) is 2. The summed E-state index contributed by atoms with van der Waals surface area (Å²) in [6, 6.07) is 10.6. The second-order valence-electron chi connectivity index (χ2n) is 5.47. The average molecular weight is 359 g/mol. The molecule has 1 atom stereocenters. The Morgan fingerprint density at radius 3 is 2.00 bits per heavy atom. The van der Waals surface area contributed by atoms with E-state index in [1.54, 1.807) is 12.1 Å². The monoisotopic (exact) mass is 358 g/mol. The Morgan fingerprint density at radius 1 is 1.04 bits per heavy atom. The van der Waals surface area contributed by atoms with E-state index >= 15 is 0 Å². The number of benzene rings is 2. The summed E-state index contributed by atoms with van der Waals surface area (Å²) < 4.78 is 0. The molecule has 8 heteroatoms. The first kappa shape index (κ1) is 16.8. The maximum atomic E-state index is 12.5. The van der Waals surface area contributed by atoms with Crippen molar-refractivity contribution in [1.82, 2.24) is 4.90 Å². The van der Waals surface area contributed by atoms with Crippen molar-refractivity contribution in [2.45, 2.75) is 12.5 Å². The van der Waals surface area contributed by atoms with E-state index in [0.717, 1.165) is 4.90 Å². The summed E-state index contributed by atoms with van der Waals surface area (Å²) in [5.74, 6) is -1.16. The molecule has 0 N–H and O–H groups in total. The van der Waals surface area contributed by atoms with Crippen molar-refractivity contribution in [3.63, 3.8) is 0 Å². The van der Waals surface area contributed by atoms with E-state index in [1.807, 2.05) is 0 Å². The largest absolute Gasteiger partial charge is 0.279 e. The summed E-state index contributed by atoms with van der Waals surface area (Å²) in [4.78, 5) is 47.8. The smallest absolute Gasteiger partial charge is 0.269 e. The molecule has 1 aliphatic rings. The van der Waals surface area contributed by atoms with E-state index < -0.39 is 28.0 Å². The van der Waals surface area contributed by atoms with Gasteiger partial charge in [0, 0.05) is 18.6 Å². The Balaban J connectivity index is 1.90. The quantitative estimate of drug-likeness (QED) is 0.354. The fourth-order valence-corrected chi connectivity index (χ4v) is 2.92. The zero-order valence-corrected chi connectivity index (χ0v) is 13.5. The predicted molar refractivity (Wildman–Crippen MR) is 88.4 cm³/mol. The van der Waals surface area contributed by atoms with Crippen LogP contribution in [0.5, 0.6) is 0 Å². The van der Waals surface area contributed by atoms with Crippen molar-refractivity contribution < 1.29 is 19.3 Å². The molecule has 7 nitrogen and oxygen atoms in total. The van der Waals surface area contributed by atoms with Crippen molar-refractivity contribution >= 4 is 34.3 Å². The minimum absolute atomic E-state index is 0.0220. The Kier molecular flexibility index (Phi) is 4.33. The van der Waals surface area contributed by atoms with Gasteiger partial charge < -0.3 is 0 Å². The van der Waals surface area contributed by atoms with Crippen LogP contribution in [0, 0.1) is 10.1 Å². The van der Waals surface area contributed by atoms with Crippen molar-refractivity contribution in [2.24, 2.45) is 0 Å². The third kappa shape index (κ3) is 3.01. The second kappa shape index (κ2) is 6.45. The third-order valence-corrected chi connectivity index (χ3v) is 4.23. The van der Waals surface area contributed by atoms with Crippen molar-refractivity contribution in [2.75, 3.05) is 0 Å². The molecule has 25 heavy (non-hydrogen) atoms. The number of non-ortho nitro benzene ring substituents is 1. The number of halogens is 1. The van der Waals surface area contributed by atoms with Crippen LogP contribution < -0.4 is 0 Å². The van der Waals surface area contributed by atoms with E-state index in [2.05, 4.69) is 0 Å². The summed E-state index contributed by atoms with van der Waals surface area (Å²) in [6.07, 6.45) is -0.0220. The van der Waals surface area contributed by atoms with Gasteiger partial charge in [-0.05, 0) is 29.3 Å². The molecule has 126 valence electrons. The third-order valence-electron chi connectivity index (χ3n) is 3.98. The van der Waals surface area contributed by atoms with Gasteiger partial charge in [-0.2, -0.15) is 0 Å². The summed E-state index contributed by atoms with van der Waals surface area (Å²) in [7, 11) is 0. The lowest BCUT2D eigenvalue weighted by Crippen LogP contribution is -2.44. The number of carbonyl (C=O) groups is 3. The molecule has 0 aromatic heterocycles. The minimum atomic E-state index is -1.18. The van der Waals surface area contributed by atoms with Crippen molar-refractivity contribution in [1.29, 1.82) is 0 Å². The molecule has 0 spiro atoms. The second-order valence-corrected chi connectivity index (χ2v) is 5.85. The van der Waals surface area contributed by atoms with Gasteiger partial charge in [0.1, 0.15) is 6.04 Å². The number of amides is 2. The molecule has 0 radical (unpaired) electrons. The van der Waals surface area contributed by atoms with Crippen molar-refractivity contribution in [3.05, 3.63) is 75.3 Å². The van der Waals surface area contributed by atoms with Crippen LogP contribution in [0.4, 0.5) is 5.69 Å². The van der Waals surface area contributed by atoms with Crippen LogP contribution in [0.15, 0.2) is 48.5 Å². The van der Waals surface area contributed by atoms with Gasteiger partial charge in [-0.25, -0.2) is 0 Å². The van der Waals surface area contributed by atoms with Gasteiger partial charge in [-0.15, -0.1) is 0 Å². The normalized spacial score (nSPS) is 14.4. The molecule has 1 heterocycles. The van der Waals surface area contributed by atoms with E-state index in [9.17, 15) is 24.5 Å². The Morgan fingerprint density at radius 2 is 1.56 bits per heavy atom. The van der Waals surface area contributed by atoms with Crippen LogP contribution >= 0.6 is 11.6 Å². The highest BCUT2D eigenvalue weighted by molar-refractivity contribution is 6.65. The molecule has 0 unspecified atom stereocenters. The van der Waals surface area contributed by atoms with E-state index in [-0.39, 0.29) is 23.2 Å². The molecule has 1 aliphatic heterocycles. The molecule has 0 bridgehead atoms. The number of hydrogen-bond acceptors (Lipinski definition) is 5. The minimum Gasteiger partial charge on any atom is -0.279 e. The zero-order valence-electron chi connectivity index (χ0n) is 12.7. The molecule has 0 saturated carbocycles. The zero-order chi connectivity index (χ0) is 18.1. The summed E-state index contributed by atoms with van der Waals surface area (Å²) >= 11 is 5.64. The highest BCUT2D eigenvalue weighted by atomic mass is 35.5. The fraction of sp³-hybridized carbons (Fsp3) is 0.118. The summed E-state index contributed by atoms with van der Waals surface area (Å²) in [6.45, 7) is 0. The van der Waals surface area contributed by atoms with E-state index in [1.165, 1.54) is 36.4 Å². The molecule has 2 aromatic carbocycles. The highest BCUT2D eigenvalue weighted by Crippen LogP contribution is 2.27. The number of fused-ring (bicyclic) bond motifs is 1. The van der Waals surface area contributed by atoms with Crippen molar-refractivity contribution in [3.8, 4) is 0 Å². The number of nitro benzene ring substituents is 1. The van der Waals surface area contributed by atoms with Crippen LogP contribution in [0.25, 0.3) is 0 Å². The standard InChI is InChI=1S/C17H11ClN2O5/c18-15(21)14(9-10-5-7-11(8-6-10)20(24)25)19-16(22)12-3-1-2-4-13(12)17(19)23/h1-8,14H,9H2/t14-/m0/s1. The number of imide groups is 1. The first-order valence-corrected chi connectivity index (χ1v) is 7.67. The lowest BCUT2D eigenvalue weighted by molar-refractivity contribution is -0.384. The van der Waals surface area contributed by atoms with Gasteiger partial charge in [0.15, 0.2) is 0 Å². The molecule has 0 aliphatic carbocycles. The fourth-order valence-electron chi connectivity index (χ4n) is 2.74. The van der Waals surface area contributed by atoms with Crippen LogP contribution in [-0.2, 0) is 11.2 Å². The topological polar surface area (TPSA) is 97.6 Å². The van der Waals surface area contributed by atoms with Gasteiger partial charge in [-0.3, -0.25) is 29.4 Å². The van der Waals surface area contributed by atoms with Gasteiger partial charge in [-0.1, -0.05) is 24.3 Å². The van der Waals surface area contributed by atoms with Gasteiger partial charge in [0.2, 0.25) is 5.24 Å². The Hall–Kier alpha value is -3.06. The number of rotatable bonds is 5. The summed E-state index contributed by atoms with van der Waals surface area (Å²) in [5, 5.41) is 9.84. The van der Waals surface area contributed by atoms with Crippen LogP contribution in [0.2, 0.25) is 0 Å². The number of hydrogen-bond donors (Lipinski definition) is 0. The Bertz CT molecular complexity index is 859. The molecule has 0 saturated heterocycles. The highest BCUT2D eigenvalue weighted by Gasteiger charge is 2.42. The lowest BCUT2D eigenvalue weighted by Gasteiger charge is -2.23. The average Bonchev–Trinajstić information content (AvgIpc) is 2.84. The van der Waals surface area contributed by atoms with Gasteiger partial charge in [0.05, 0.1) is 16.1 Å². The first-order chi connectivity index (χ1) is 11.9. The van der Waals surface area contributed by atoms with Gasteiger partial charge >= 0.3 is 0 Å². The predicted octanol–water partition coefficient (Wildman–Crippen LogP) is 2.57. The van der Waals surface area contributed by atoms with Crippen LogP contribution in [0.1, 0.15) is 26.3 Å². The molecule has 2 aromatic rings. The summed E-state index contributed by atoms with van der Waals surface area (Å²) in [5.41, 5.74) is 0.887. The molecular weight excluding hydrogens is 348 g/mol. The number of nitro groups is 1. The molecule has 0 fully saturated rings. The van der Waals surface area contributed by atoms with E-state index in [0.29, 0.717) is 5.56 Å². The molecule has 2 amide bonds. The first-order valence-electron chi connectivity index (χ1n) is 7.29. The SMILES string of the molecule is O=C(Cl)[C@H](Cc1ccc([N+](=O)[O-])cc1)N1C(=O)c2ccccc2C1=O. The lowest BCUT2D eigenvalue weighted by atomic mass is 10.0. The molecule has 3 rings (SSSR count). The maximum Gasteiger partial charge on any atom is 0.269 e. The van der Waals surface area contributed by atoms with Crippen LogP contribution in [-0.4, -0.2) is 32.9 Å². The maximum absolute atomic E-state index is 12.5. The Labute approximate surface area is 147 Å². The van der Waals surface area contributed by atoms with Crippen LogP contribution in [0.3, 0.4) is 0 Å². The molecular formula is C17H11ClN2O5.